The van der Waals surface area contributed by atoms with Crippen molar-refractivity contribution in [3.05, 3.63) is 20.8 Å². The van der Waals surface area contributed by atoms with Gasteiger partial charge in [-0.05, 0) is 28.1 Å². The highest BCUT2D eigenvalue weighted by Gasteiger charge is 2.18. The van der Waals surface area contributed by atoms with Crippen LogP contribution in [-0.2, 0) is 0 Å². The second-order valence-corrected chi connectivity index (χ2v) is 5.18. The number of thiophene rings is 1. The van der Waals surface area contributed by atoms with Crippen molar-refractivity contribution >= 4 is 33.2 Å². The van der Waals surface area contributed by atoms with Gasteiger partial charge in [0.1, 0.15) is 6.10 Å². The molecule has 1 atom stereocenters. The Kier molecular flexibility index (Phi) is 4.62. The van der Waals surface area contributed by atoms with Crippen LogP contribution in [0.3, 0.4) is 0 Å². The van der Waals surface area contributed by atoms with Gasteiger partial charge in [0.15, 0.2) is 0 Å². The molecule has 1 aromatic heterocycles. The van der Waals surface area contributed by atoms with E-state index in [1.54, 1.807) is 12.1 Å². The number of amides is 1. The van der Waals surface area contributed by atoms with Crippen molar-refractivity contribution in [1.29, 1.82) is 0 Å². The van der Waals surface area contributed by atoms with E-state index in [0.29, 0.717) is 4.88 Å². The van der Waals surface area contributed by atoms with Crippen LogP contribution in [0.1, 0.15) is 9.67 Å². The third-order valence-electron chi connectivity index (χ3n) is 1.56. The van der Waals surface area contributed by atoms with Gasteiger partial charge in [0.25, 0.3) is 12.3 Å². The van der Waals surface area contributed by atoms with E-state index in [2.05, 4.69) is 21.2 Å². The Morgan fingerprint density at radius 1 is 1.60 bits per heavy atom. The lowest BCUT2D eigenvalue weighted by Gasteiger charge is -2.09. The number of hydrogen-bond acceptors (Lipinski definition) is 3. The monoisotopic (exact) mass is 299 g/mol. The van der Waals surface area contributed by atoms with E-state index in [-0.39, 0.29) is 0 Å². The van der Waals surface area contributed by atoms with Crippen LogP contribution < -0.4 is 5.32 Å². The van der Waals surface area contributed by atoms with E-state index in [1.165, 1.54) is 11.3 Å². The summed E-state index contributed by atoms with van der Waals surface area (Å²) in [5, 5.41) is 11.0. The number of alkyl halides is 2. The van der Waals surface area contributed by atoms with Crippen LogP contribution in [0.4, 0.5) is 8.78 Å². The van der Waals surface area contributed by atoms with Crippen molar-refractivity contribution in [2.75, 3.05) is 6.54 Å². The molecule has 0 bridgehead atoms. The van der Waals surface area contributed by atoms with Crippen molar-refractivity contribution in [3.63, 3.8) is 0 Å². The molecule has 0 saturated heterocycles. The number of halogens is 3. The van der Waals surface area contributed by atoms with Gasteiger partial charge in [-0.3, -0.25) is 4.79 Å². The summed E-state index contributed by atoms with van der Waals surface area (Å²) in [4.78, 5) is 11.7. The fourth-order valence-corrected chi connectivity index (χ4v) is 2.11. The van der Waals surface area contributed by atoms with Gasteiger partial charge >= 0.3 is 0 Å². The van der Waals surface area contributed by atoms with Gasteiger partial charge in [-0.15, -0.1) is 11.3 Å². The summed E-state index contributed by atoms with van der Waals surface area (Å²) < 4.78 is 24.5. The first kappa shape index (κ1) is 12.5. The molecule has 1 heterocycles. The van der Waals surface area contributed by atoms with Gasteiger partial charge in [0.05, 0.1) is 8.66 Å². The van der Waals surface area contributed by atoms with Crippen LogP contribution in [0.5, 0.6) is 0 Å². The number of hydrogen-bond donors (Lipinski definition) is 2. The molecule has 3 nitrogen and oxygen atoms in total. The Balaban J connectivity index is 2.43. The molecular formula is C8H8BrF2NO2S. The molecule has 15 heavy (non-hydrogen) atoms. The lowest BCUT2D eigenvalue weighted by molar-refractivity contribution is -0.00268. The van der Waals surface area contributed by atoms with Gasteiger partial charge in [0.2, 0.25) is 0 Å². The number of nitrogens with one attached hydrogen (secondary N) is 1. The van der Waals surface area contributed by atoms with E-state index in [1.807, 2.05) is 0 Å². The lowest BCUT2D eigenvalue weighted by atomic mass is 10.3. The van der Waals surface area contributed by atoms with Crippen LogP contribution in [0.2, 0.25) is 0 Å². The molecule has 0 spiro atoms. The highest BCUT2D eigenvalue weighted by Crippen LogP contribution is 2.21. The summed E-state index contributed by atoms with van der Waals surface area (Å²) in [7, 11) is 0. The molecule has 1 unspecified atom stereocenters. The minimum Gasteiger partial charge on any atom is -0.385 e. The summed E-state index contributed by atoms with van der Waals surface area (Å²) in [5.74, 6) is -0.467. The Labute approximate surface area is 97.2 Å². The first-order chi connectivity index (χ1) is 7.00. The predicted molar refractivity (Wildman–Crippen MR) is 56.4 cm³/mol. The van der Waals surface area contributed by atoms with Crippen molar-refractivity contribution in [3.8, 4) is 0 Å². The Bertz CT molecular complexity index is 345. The van der Waals surface area contributed by atoms with E-state index in [9.17, 15) is 13.6 Å². The first-order valence-corrected chi connectivity index (χ1v) is 5.61. The van der Waals surface area contributed by atoms with Crippen molar-refractivity contribution in [2.24, 2.45) is 0 Å². The molecule has 1 rings (SSSR count). The minimum absolute atomic E-state index is 0.406. The average molecular weight is 300 g/mol. The molecule has 0 saturated carbocycles. The normalized spacial score (nSPS) is 12.9. The van der Waals surface area contributed by atoms with Crippen LogP contribution in [-0.4, -0.2) is 30.1 Å². The molecule has 1 aromatic rings. The van der Waals surface area contributed by atoms with Gasteiger partial charge in [-0.25, -0.2) is 8.78 Å². The van der Waals surface area contributed by atoms with E-state index in [0.717, 1.165) is 3.79 Å². The Morgan fingerprint density at radius 3 is 2.73 bits per heavy atom. The minimum atomic E-state index is -2.85. The molecule has 0 aliphatic carbocycles. The van der Waals surface area contributed by atoms with E-state index in [4.69, 9.17) is 5.11 Å². The molecule has 0 aromatic carbocycles. The second-order valence-electron chi connectivity index (χ2n) is 2.72. The quantitative estimate of drug-likeness (QED) is 0.892. The average Bonchev–Trinajstić information content (AvgIpc) is 2.60. The maximum Gasteiger partial charge on any atom is 0.265 e. The van der Waals surface area contributed by atoms with Crippen LogP contribution in [0.25, 0.3) is 0 Å². The summed E-state index contributed by atoms with van der Waals surface area (Å²) in [6.07, 6.45) is -4.67. The predicted octanol–water partition coefficient (Wildman–Crippen LogP) is 1.87. The molecule has 0 fully saturated rings. The van der Waals surface area contributed by atoms with E-state index < -0.39 is 25.0 Å². The Morgan fingerprint density at radius 2 is 2.27 bits per heavy atom. The largest absolute Gasteiger partial charge is 0.385 e. The third kappa shape index (κ3) is 3.84. The SMILES string of the molecule is O=C(NCC(O)C(F)F)c1ccc(Br)s1. The van der Waals surface area contributed by atoms with Gasteiger partial charge in [-0.2, -0.15) is 0 Å². The molecular weight excluding hydrogens is 292 g/mol. The fraction of sp³-hybridized carbons (Fsp3) is 0.375. The number of aliphatic hydroxyl groups excluding tert-OH is 1. The topological polar surface area (TPSA) is 49.3 Å². The highest BCUT2D eigenvalue weighted by atomic mass is 79.9. The number of aliphatic hydroxyl groups is 1. The first-order valence-electron chi connectivity index (χ1n) is 4.00. The van der Waals surface area contributed by atoms with Crippen molar-refractivity contribution in [2.45, 2.75) is 12.5 Å². The smallest absolute Gasteiger partial charge is 0.265 e. The van der Waals surface area contributed by atoms with Crippen LogP contribution in [0.15, 0.2) is 15.9 Å². The summed E-state index contributed by atoms with van der Waals surface area (Å²) in [5.41, 5.74) is 0. The van der Waals surface area contributed by atoms with Gasteiger partial charge in [0, 0.05) is 6.54 Å². The highest BCUT2D eigenvalue weighted by molar-refractivity contribution is 9.11. The fourth-order valence-electron chi connectivity index (χ4n) is 0.810. The zero-order chi connectivity index (χ0) is 11.4. The standard InChI is InChI=1S/C8H8BrF2NO2S/c9-6-2-1-5(15-6)8(14)12-3-4(13)7(10)11/h1-2,4,7,13H,3H2,(H,12,14). The van der Waals surface area contributed by atoms with Crippen molar-refractivity contribution in [1.82, 2.24) is 5.32 Å². The van der Waals surface area contributed by atoms with Crippen LogP contribution in [0, 0.1) is 0 Å². The zero-order valence-corrected chi connectivity index (χ0v) is 9.82. The maximum absolute atomic E-state index is 11.9. The summed E-state index contributed by atoms with van der Waals surface area (Å²) >= 11 is 4.36. The van der Waals surface area contributed by atoms with E-state index >= 15 is 0 Å². The second kappa shape index (κ2) is 5.53. The number of rotatable bonds is 4. The lowest BCUT2D eigenvalue weighted by Crippen LogP contribution is -2.35. The summed E-state index contributed by atoms with van der Waals surface area (Å²) in [6.45, 7) is -0.452. The number of carbonyl (C=O) groups is 1. The number of carbonyl (C=O) groups excluding carboxylic acids is 1. The maximum atomic E-state index is 11.9. The molecule has 1 amide bonds. The third-order valence-corrected chi connectivity index (χ3v) is 3.18. The van der Waals surface area contributed by atoms with Crippen molar-refractivity contribution < 1.29 is 18.7 Å². The van der Waals surface area contributed by atoms with Gasteiger partial charge in [-0.1, -0.05) is 0 Å². The molecule has 0 aliphatic rings. The summed E-state index contributed by atoms with van der Waals surface area (Å²) in [6, 6.07) is 3.25. The molecule has 0 radical (unpaired) electrons. The zero-order valence-electron chi connectivity index (χ0n) is 7.41. The Hall–Kier alpha value is -0.530. The molecule has 7 heteroatoms. The molecule has 2 N–H and O–H groups in total. The molecule has 0 aliphatic heterocycles. The van der Waals surface area contributed by atoms with Gasteiger partial charge < -0.3 is 10.4 Å². The molecule has 84 valence electrons. The van der Waals surface area contributed by atoms with Crippen LogP contribution >= 0.6 is 27.3 Å².